The quantitative estimate of drug-likeness (QED) is 0.789. The fourth-order valence-corrected chi connectivity index (χ4v) is 1.26. The van der Waals surface area contributed by atoms with Crippen LogP contribution in [0.5, 0.6) is 5.75 Å². The molecule has 0 aliphatic carbocycles. The topological polar surface area (TPSA) is 55.8 Å². The molecule has 0 saturated heterocycles. The van der Waals surface area contributed by atoms with E-state index in [-0.39, 0.29) is 6.61 Å². The summed E-state index contributed by atoms with van der Waals surface area (Å²) in [5.41, 5.74) is 1.17. The van der Waals surface area contributed by atoms with Crippen LogP contribution >= 0.6 is 0 Å². The fraction of sp³-hybridized carbons (Fsp3) is 0.462. The maximum absolute atomic E-state index is 10.6. The molecule has 94 valence electrons. The van der Waals surface area contributed by atoms with Gasteiger partial charge in [0.15, 0.2) is 0 Å². The van der Waals surface area contributed by atoms with Crippen LogP contribution in [0.4, 0.5) is 0 Å². The second-order valence-electron chi connectivity index (χ2n) is 3.94. The minimum Gasteiger partial charge on any atom is -0.493 e. The molecule has 0 saturated carbocycles. The van der Waals surface area contributed by atoms with Gasteiger partial charge in [0.1, 0.15) is 12.4 Å². The molecule has 4 nitrogen and oxygen atoms in total. The van der Waals surface area contributed by atoms with Gasteiger partial charge in [0.25, 0.3) is 0 Å². The van der Waals surface area contributed by atoms with Crippen LogP contribution in [0.1, 0.15) is 12.5 Å². The lowest BCUT2D eigenvalue weighted by Crippen LogP contribution is -2.17. The van der Waals surface area contributed by atoms with Crippen molar-refractivity contribution in [2.24, 2.45) is 5.92 Å². The number of rotatable bonds is 7. The monoisotopic (exact) mass is 238 g/mol. The molecule has 1 atom stereocenters. The van der Waals surface area contributed by atoms with E-state index in [1.807, 2.05) is 24.3 Å². The molecule has 0 aliphatic heterocycles. The van der Waals surface area contributed by atoms with Gasteiger partial charge in [-0.15, -0.1) is 0 Å². The first-order valence-corrected chi connectivity index (χ1v) is 5.57. The van der Waals surface area contributed by atoms with E-state index in [1.165, 1.54) is 5.56 Å². The molecule has 0 spiro atoms. The minimum absolute atomic E-state index is 0.187. The van der Waals surface area contributed by atoms with Crippen molar-refractivity contribution in [3.05, 3.63) is 29.8 Å². The number of aliphatic carboxylic acids is 1. The summed E-state index contributed by atoms with van der Waals surface area (Å²) in [5, 5.41) is 8.71. The van der Waals surface area contributed by atoms with Crippen molar-refractivity contribution in [1.29, 1.82) is 0 Å². The second-order valence-corrected chi connectivity index (χ2v) is 3.94. The summed E-state index contributed by atoms with van der Waals surface area (Å²) < 4.78 is 10.4. The van der Waals surface area contributed by atoms with Gasteiger partial charge >= 0.3 is 5.97 Å². The normalized spacial score (nSPS) is 12.1. The third-order valence-corrected chi connectivity index (χ3v) is 2.44. The van der Waals surface area contributed by atoms with E-state index in [0.29, 0.717) is 12.4 Å². The molecule has 1 N–H and O–H groups in total. The van der Waals surface area contributed by atoms with E-state index in [4.69, 9.17) is 14.6 Å². The van der Waals surface area contributed by atoms with Crippen LogP contribution in [-0.2, 0) is 16.0 Å². The zero-order chi connectivity index (χ0) is 12.7. The Kier molecular flexibility index (Phi) is 5.49. The number of carbonyl (C=O) groups is 1. The van der Waals surface area contributed by atoms with E-state index in [0.717, 1.165) is 6.42 Å². The van der Waals surface area contributed by atoms with Gasteiger partial charge in [0.05, 0.1) is 12.5 Å². The zero-order valence-electron chi connectivity index (χ0n) is 10.2. The van der Waals surface area contributed by atoms with Gasteiger partial charge in [-0.2, -0.15) is 0 Å². The zero-order valence-corrected chi connectivity index (χ0v) is 10.2. The van der Waals surface area contributed by atoms with Gasteiger partial charge in [-0.3, -0.25) is 4.79 Å². The molecule has 1 rings (SSSR count). The highest BCUT2D eigenvalue weighted by Crippen LogP contribution is 2.13. The summed E-state index contributed by atoms with van der Waals surface area (Å²) in [6, 6.07) is 7.61. The Bertz CT molecular complexity index is 345. The Morgan fingerprint density at radius 2 is 2.00 bits per heavy atom. The van der Waals surface area contributed by atoms with E-state index in [1.54, 1.807) is 14.0 Å². The molecule has 0 aromatic heterocycles. The van der Waals surface area contributed by atoms with Crippen LogP contribution in [0.3, 0.4) is 0 Å². The van der Waals surface area contributed by atoms with Crippen molar-refractivity contribution in [1.82, 2.24) is 0 Å². The summed E-state index contributed by atoms with van der Waals surface area (Å²) in [6.45, 7) is 2.50. The SMILES string of the molecule is COCCc1ccc(OCC(C)C(=O)O)cc1. The number of benzene rings is 1. The summed E-state index contributed by atoms with van der Waals surface area (Å²) in [7, 11) is 1.67. The van der Waals surface area contributed by atoms with Gasteiger partial charge in [-0.1, -0.05) is 12.1 Å². The van der Waals surface area contributed by atoms with Crippen LogP contribution in [0, 0.1) is 5.92 Å². The maximum atomic E-state index is 10.6. The molecule has 0 heterocycles. The fourth-order valence-electron chi connectivity index (χ4n) is 1.26. The first kappa shape index (κ1) is 13.5. The van der Waals surface area contributed by atoms with Gasteiger partial charge in [0.2, 0.25) is 0 Å². The van der Waals surface area contributed by atoms with Crippen molar-refractivity contribution in [3.63, 3.8) is 0 Å². The second kappa shape index (κ2) is 6.91. The Morgan fingerprint density at radius 3 is 2.53 bits per heavy atom. The van der Waals surface area contributed by atoms with Crippen LogP contribution in [0.15, 0.2) is 24.3 Å². The molecule has 17 heavy (non-hydrogen) atoms. The van der Waals surface area contributed by atoms with Gasteiger partial charge in [-0.25, -0.2) is 0 Å². The molecular formula is C13H18O4. The molecule has 0 aliphatic rings. The Hall–Kier alpha value is -1.55. The highest BCUT2D eigenvalue weighted by molar-refractivity contribution is 5.69. The van der Waals surface area contributed by atoms with E-state index < -0.39 is 11.9 Å². The first-order chi connectivity index (χ1) is 8.13. The number of carboxylic acid groups (broad SMARTS) is 1. The Morgan fingerprint density at radius 1 is 1.35 bits per heavy atom. The van der Waals surface area contributed by atoms with E-state index >= 15 is 0 Å². The molecule has 0 fully saturated rings. The minimum atomic E-state index is -0.846. The molecule has 0 radical (unpaired) electrons. The molecule has 1 unspecified atom stereocenters. The molecule has 1 aromatic carbocycles. The van der Waals surface area contributed by atoms with Crippen molar-refractivity contribution < 1.29 is 19.4 Å². The molecule has 0 bridgehead atoms. The smallest absolute Gasteiger partial charge is 0.309 e. The first-order valence-electron chi connectivity index (χ1n) is 5.57. The van der Waals surface area contributed by atoms with Gasteiger partial charge in [0, 0.05) is 7.11 Å². The lowest BCUT2D eigenvalue weighted by Gasteiger charge is -2.09. The maximum Gasteiger partial charge on any atom is 0.309 e. The largest absolute Gasteiger partial charge is 0.493 e. The standard InChI is InChI=1S/C13H18O4/c1-10(13(14)15)9-17-12-5-3-11(4-6-12)7-8-16-2/h3-6,10H,7-9H2,1-2H3,(H,14,15). The highest BCUT2D eigenvalue weighted by Gasteiger charge is 2.11. The third-order valence-electron chi connectivity index (χ3n) is 2.44. The van der Waals surface area contributed by atoms with Crippen molar-refractivity contribution >= 4 is 5.97 Å². The number of methoxy groups -OCH3 is 1. The molecule has 4 heteroatoms. The van der Waals surface area contributed by atoms with Crippen LogP contribution in [0.2, 0.25) is 0 Å². The van der Waals surface area contributed by atoms with Crippen LogP contribution in [-0.4, -0.2) is 31.4 Å². The van der Waals surface area contributed by atoms with E-state index in [9.17, 15) is 4.79 Å². The highest BCUT2D eigenvalue weighted by atomic mass is 16.5. The summed E-state index contributed by atoms with van der Waals surface area (Å²) in [4.78, 5) is 10.6. The van der Waals surface area contributed by atoms with E-state index in [2.05, 4.69) is 0 Å². The van der Waals surface area contributed by atoms with Crippen LogP contribution in [0.25, 0.3) is 0 Å². The Labute approximate surface area is 101 Å². The van der Waals surface area contributed by atoms with Gasteiger partial charge < -0.3 is 14.6 Å². The average molecular weight is 238 g/mol. The Balaban J connectivity index is 2.42. The number of hydrogen-bond donors (Lipinski definition) is 1. The van der Waals surface area contributed by atoms with Gasteiger partial charge in [-0.05, 0) is 31.0 Å². The van der Waals surface area contributed by atoms with Crippen molar-refractivity contribution in [3.8, 4) is 5.75 Å². The lowest BCUT2D eigenvalue weighted by atomic mass is 10.1. The number of ether oxygens (including phenoxy) is 2. The lowest BCUT2D eigenvalue weighted by molar-refractivity contribution is -0.142. The molecular weight excluding hydrogens is 220 g/mol. The summed E-state index contributed by atoms with van der Waals surface area (Å²) in [5.74, 6) is -0.649. The predicted octanol–water partition coefficient (Wildman–Crippen LogP) is 1.98. The van der Waals surface area contributed by atoms with Crippen molar-refractivity contribution in [2.75, 3.05) is 20.3 Å². The number of carboxylic acids is 1. The predicted molar refractivity (Wildman–Crippen MR) is 64.3 cm³/mol. The average Bonchev–Trinajstić information content (AvgIpc) is 2.34. The number of hydrogen-bond acceptors (Lipinski definition) is 3. The summed E-state index contributed by atoms with van der Waals surface area (Å²) in [6.07, 6.45) is 0.863. The third kappa shape index (κ3) is 4.87. The van der Waals surface area contributed by atoms with Crippen LogP contribution < -0.4 is 4.74 Å². The molecule has 0 amide bonds. The molecule has 1 aromatic rings. The van der Waals surface area contributed by atoms with Crippen molar-refractivity contribution in [2.45, 2.75) is 13.3 Å². The summed E-state index contributed by atoms with van der Waals surface area (Å²) >= 11 is 0.